The van der Waals surface area contributed by atoms with Crippen molar-refractivity contribution in [1.29, 1.82) is 0 Å². The predicted molar refractivity (Wildman–Crippen MR) is 95.3 cm³/mol. The highest BCUT2D eigenvalue weighted by Gasteiger charge is 2.27. The number of nitrogens with one attached hydrogen (secondary N) is 2. The van der Waals surface area contributed by atoms with Gasteiger partial charge in [0.1, 0.15) is 0 Å². The van der Waals surface area contributed by atoms with Crippen LogP contribution in [0.3, 0.4) is 0 Å². The lowest BCUT2D eigenvalue weighted by molar-refractivity contribution is -0.120. The Morgan fingerprint density at radius 3 is 2.22 bits per heavy atom. The number of carbonyl (C=O) groups excluding carboxylic acids is 1. The van der Waals surface area contributed by atoms with Crippen molar-refractivity contribution >= 4 is 34.0 Å². The summed E-state index contributed by atoms with van der Waals surface area (Å²) in [7, 11) is -3.53. The van der Waals surface area contributed by atoms with Gasteiger partial charge in [0, 0.05) is 11.7 Å². The van der Waals surface area contributed by atoms with E-state index in [2.05, 4.69) is 10.0 Å². The van der Waals surface area contributed by atoms with Crippen LogP contribution in [0.25, 0.3) is 0 Å². The molecule has 0 radical (unpaired) electrons. The minimum atomic E-state index is -3.53. The van der Waals surface area contributed by atoms with Crippen molar-refractivity contribution in [1.82, 2.24) is 4.72 Å². The third-order valence-electron chi connectivity index (χ3n) is 3.10. The van der Waals surface area contributed by atoms with Crippen LogP contribution in [0, 0.1) is 0 Å². The summed E-state index contributed by atoms with van der Waals surface area (Å²) in [5.41, 5.74) is 5.52. The molecule has 0 bridgehead atoms. The smallest absolute Gasteiger partial charge is 0.244 e. The zero-order valence-corrected chi connectivity index (χ0v) is 15.6. The van der Waals surface area contributed by atoms with Crippen LogP contribution in [0.15, 0.2) is 29.2 Å². The first-order valence-corrected chi connectivity index (χ1v) is 8.79. The Labute approximate surface area is 144 Å². The van der Waals surface area contributed by atoms with E-state index in [0.717, 1.165) is 6.42 Å². The number of benzene rings is 1. The Morgan fingerprint density at radius 1 is 1.26 bits per heavy atom. The Kier molecular flexibility index (Phi) is 8.20. The highest BCUT2D eigenvalue weighted by Crippen LogP contribution is 2.17. The molecule has 0 spiro atoms. The molecule has 0 aliphatic heterocycles. The molecule has 0 aliphatic carbocycles. The van der Waals surface area contributed by atoms with Crippen LogP contribution < -0.4 is 15.8 Å². The van der Waals surface area contributed by atoms with Gasteiger partial charge in [-0.2, -0.15) is 0 Å². The number of hydrogen-bond donors (Lipinski definition) is 3. The summed E-state index contributed by atoms with van der Waals surface area (Å²) in [6.45, 7) is 7.14. The highest BCUT2D eigenvalue weighted by molar-refractivity contribution is 7.89. The average molecular weight is 364 g/mol. The maximum absolute atomic E-state index is 12.1. The van der Waals surface area contributed by atoms with E-state index >= 15 is 0 Å². The summed E-state index contributed by atoms with van der Waals surface area (Å²) in [6, 6.07) is 5.82. The van der Waals surface area contributed by atoms with Crippen molar-refractivity contribution in [3.05, 3.63) is 24.3 Å². The van der Waals surface area contributed by atoms with E-state index in [0.29, 0.717) is 12.1 Å². The Bertz CT molecular complexity index is 613. The molecule has 1 unspecified atom stereocenters. The van der Waals surface area contributed by atoms with Crippen LogP contribution in [-0.4, -0.2) is 25.9 Å². The molecule has 8 heteroatoms. The SMILES string of the molecule is CCCC(C)(N)C(=O)Nc1ccc(S(=O)(=O)NC(C)C)cc1.Cl. The second-order valence-corrected chi connectivity index (χ2v) is 7.64. The minimum Gasteiger partial charge on any atom is -0.325 e. The van der Waals surface area contributed by atoms with Crippen LogP contribution in [0.5, 0.6) is 0 Å². The second-order valence-electron chi connectivity index (χ2n) is 5.92. The van der Waals surface area contributed by atoms with E-state index in [1.165, 1.54) is 12.1 Å². The monoisotopic (exact) mass is 363 g/mol. The van der Waals surface area contributed by atoms with Crippen molar-refractivity contribution in [3.8, 4) is 0 Å². The van der Waals surface area contributed by atoms with Crippen LogP contribution in [-0.2, 0) is 14.8 Å². The largest absolute Gasteiger partial charge is 0.325 e. The molecule has 1 atom stereocenters. The van der Waals surface area contributed by atoms with Gasteiger partial charge >= 0.3 is 0 Å². The summed E-state index contributed by atoms with van der Waals surface area (Å²) in [5.74, 6) is -0.287. The molecule has 132 valence electrons. The van der Waals surface area contributed by atoms with Gasteiger partial charge in [0.15, 0.2) is 0 Å². The molecule has 0 fully saturated rings. The number of anilines is 1. The lowest BCUT2D eigenvalue weighted by Gasteiger charge is -2.22. The maximum Gasteiger partial charge on any atom is 0.244 e. The van der Waals surface area contributed by atoms with Crippen LogP contribution in [0.2, 0.25) is 0 Å². The van der Waals surface area contributed by atoms with E-state index in [1.807, 2.05) is 6.92 Å². The molecule has 1 amide bonds. The summed E-state index contributed by atoms with van der Waals surface area (Å²) in [4.78, 5) is 12.2. The fourth-order valence-corrected chi connectivity index (χ4v) is 3.25. The van der Waals surface area contributed by atoms with Crippen molar-refractivity contribution in [2.24, 2.45) is 5.73 Å². The first-order valence-electron chi connectivity index (χ1n) is 7.31. The average Bonchev–Trinajstić information content (AvgIpc) is 2.37. The van der Waals surface area contributed by atoms with Crippen molar-refractivity contribution < 1.29 is 13.2 Å². The van der Waals surface area contributed by atoms with Gasteiger partial charge in [-0.3, -0.25) is 4.79 Å². The fraction of sp³-hybridized carbons (Fsp3) is 0.533. The van der Waals surface area contributed by atoms with Gasteiger partial charge in [-0.15, -0.1) is 12.4 Å². The number of rotatable bonds is 7. The molecule has 1 rings (SSSR count). The normalized spacial score (nSPS) is 14.0. The summed E-state index contributed by atoms with van der Waals surface area (Å²) >= 11 is 0. The van der Waals surface area contributed by atoms with Crippen LogP contribution >= 0.6 is 12.4 Å². The second kappa shape index (κ2) is 8.63. The van der Waals surface area contributed by atoms with E-state index in [4.69, 9.17) is 5.73 Å². The van der Waals surface area contributed by atoms with Gasteiger partial charge in [0.25, 0.3) is 0 Å². The molecule has 1 aromatic rings. The number of nitrogens with two attached hydrogens (primary N) is 1. The van der Waals surface area contributed by atoms with E-state index in [9.17, 15) is 13.2 Å². The summed E-state index contributed by atoms with van der Waals surface area (Å²) in [6.07, 6.45) is 1.38. The molecule has 1 aromatic carbocycles. The molecular formula is C15H26ClN3O3S. The molecule has 0 saturated heterocycles. The van der Waals surface area contributed by atoms with Gasteiger partial charge in [-0.05, 0) is 51.5 Å². The highest BCUT2D eigenvalue weighted by atomic mass is 35.5. The van der Waals surface area contributed by atoms with Gasteiger partial charge in [0.05, 0.1) is 10.4 Å². The Hall–Kier alpha value is -1.15. The molecular weight excluding hydrogens is 338 g/mol. The standard InChI is InChI=1S/C15H25N3O3S.ClH/c1-5-10-15(4,16)14(19)17-12-6-8-13(9-7-12)22(20,21)18-11(2)3;/h6-9,11,18H,5,10,16H2,1-4H3,(H,17,19);1H. The van der Waals surface area contributed by atoms with E-state index in [-0.39, 0.29) is 29.3 Å². The summed E-state index contributed by atoms with van der Waals surface area (Å²) < 4.78 is 26.5. The quantitative estimate of drug-likeness (QED) is 0.691. The maximum atomic E-state index is 12.1. The Balaban J connectivity index is 0.00000484. The number of hydrogen-bond acceptors (Lipinski definition) is 4. The first kappa shape index (κ1) is 21.9. The lowest BCUT2D eigenvalue weighted by atomic mass is 9.96. The molecule has 0 aromatic heterocycles. The van der Waals surface area contributed by atoms with Gasteiger partial charge in [0.2, 0.25) is 15.9 Å². The molecule has 0 aliphatic rings. The van der Waals surface area contributed by atoms with Gasteiger partial charge in [-0.1, -0.05) is 13.3 Å². The van der Waals surface area contributed by atoms with E-state index in [1.54, 1.807) is 32.9 Å². The zero-order valence-electron chi connectivity index (χ0n) is 13.9. The predicted octanol–water partition coefficient (Wildman–Crippen LogP) is 2.25. The summed E-state index contributed by atoms with van der Waals surface area (Å²) in [5, 5.41) is 2.71. The topological polar surface area (TPSA) is 101 Å². The molecule has 4 N–H and O–H groups in total. The zero-order chi connectivity index (χ0) is 17.0. The third-order valence-corrected chi connectivity index (χ3v) is 4.78. The van der Waals surface area contributed by atoms with Crippen molar-refractivity contribution in [2.75, 3.05) is 5.32 Å². The van der Waals surface area contributed by atoms with Crippen molar-refractivity contribution in [2.45, 2.75) is 57.0 Å². The first-order chi connectivity index (χ1) is 10.1. The number of sulfonamides is 1. The Morgan fingerprint density at radius 2 is 1.78 bits per heavy atom. The molecule has 23 heavy (non-hydrogen) atoms. The minimum absolute atomic E-state index is 0. The molecule has 6 nitrogen and oxygen atoms in total. The van der Waals surface area contributed by atoms with Gasteiger partial charge < -0.3 is 11.1 Å². The fourth-order valence-electron chi connectivity index (χ4n) is 2.00. The van der Waals surface area contributed by atoms with Crippen LogP contribution in [0.4, 0.5) is 5.69 Å². The lowest BCUT2D eigenvalue weighted by Crippen LogP contribution is -2.48. The molecule has 0 heterocycles. The van der Waals surface area contributed by atoms with E-state index < -0.39 is 15.6 Å². The van der Waals surface area contributed by atoms with Crippen LogP contribution in [0.1, 0.15) is 40.5 Å². The number of amides is 1. The molecule has 0 saturated carbocycles. The van der Waals surface area contributed by atoms with Crippen molar-refractivity contribution in [3.63, 3.8) is 0 Å². The van der Waals surface area contributed by atoms with Gasteiger partial charge in [-0.25, -0.2) is 13.1 Å². The number of halogens is 1. The number of carbonyl (C=O) groups is 1. The third kappa shape index (κ3) is 6.47.